The van der Waals surface area contributed by atoms with E-state index in [1.807, 2.05) is 36.4 Å². The van der Waals surface area contributed by atoms with Crippen LogP contribution in [-0.2, 0) is 72.0 Å². The number of ether oxygens (including phenoxy) is 2. The number of amides is 6. The summed E-state index contributed by atoms with van der Waals surface area (Å²) in [5, 5.41) is 17.9. The zero-order chi connectivity index (χ0) is 60.6. The number of rotatable bonds is 35. The zero-order valence-electron chi connectivity index (χ0n) is 48.6. The van der Waals surface area contributed by atoms with E-state index in [1.54, 1.807) is 61.5 Å². The second-order valence-corrected chi connectivity index (χ2v) is 30.1. The van der Waals surface area contributed by atoms with E-state index in [2.05, 4.69) is 114 Å². The Morgan fingerprint density at radius 3 is 1.06 bits per heavy atom. The van der Waals surface area contributed by atoms with E-state index < -0.39 is 29.2 Å². The van der Waals surface area contributed by atoms with Gasteiger partial charge in [-0.05, 0) is 203 Å². The smallest absolute Gasteiger partial charge is 0.338 e. The van der Waals surface area contributed by atoms with Crippen molar-refractivity contribution in [2.24, 2.45) is 0 Å². The number of carbonyl (C=O) groups is 8. The van der Waals surface area contributed by atoms with Gasteiger partial charge in [0.1, 0.15) is 13.2 Å². The van der Waals surface area contributed by atoms with Crippen molar-refractivity contribution in [3.63, 3.8) is 0 Å². The predicted molar refractivity (Wildman–Crippen MR) is 334 cm³/mol. The van der Waals surface area contributed by atoms with Crippen molar-refractivity contribution in [1.29, 1.82) is 0 Å². The van der Waals surface area contributed by atoms with Gasteiger partial charge in [0.2, 0.25) is 23.6 Å². The minimum atomic E-state index is -0.692. The lowest BCUT2D eigenvalue weighted by Crippen LogP contribution is -2.38. The number of alkyl halides is 4. The summed E-state index contributed by atoms with van der Waals surface area (Å²) in [4.78, 5) is 103. The van der Waals surface area contributed by atoms with Crippen LogP contribution in [0.25, 0.3) is 0 Å². The highest BCUT2D eigenvalue weighted by Gasteiger charge is 2.26. The topological polar surface area (TPSA) is 227 Å². The van der Waals surface area contributed by atoms with Crippen LogP contribution in [0.1, 0.15) is 165 Å². The van der Waals surface area contributed by atoms with E-state index in [0.29, 0.717) is 139 Å². The highest BCUT2D eigenvalue weighted by atomic mass is 79.9. The minimum Gasteiger partial charge on any atom is -0.459 e. The fraction of sp³-hybridized carbons (Fsp3) is 0.541. The Kier molecular flexibility index (Phi) is 29.5. The highest BCUT2D eigenvalue weighted by Crippen LogP contribution is 2.22. The molecule has 0 aromatic heterocycles. The third-order valence-corrected chi connectivity index (χ3v) is 14.1. The quantitative estimate of drug-likeness (QED) is 0.0141. The number of carbonyl (C=O) groups excluding carboxylic acids is 8. The molecule has 0 radical (unpaired) electrons. The van der Waals surface area contributed by atoms with E-state index >= 15 is 0 Å². The molecule has 6 N–H and O–H groups in total. The molecule has 6 amide bonds. The predicted octanol–water partition coefficient (Wildman–Crippen LogP) is 9.58. The molecule has 20 heteroatoms. The standard InChI is InChI=1S/C61H84Br4N6O10/c1-40(2)52(74)80-31-32-81-53(75)49-24-23-41(17-11-25-66-50(72)47-36-42(18-12-27-68-54(76)58(3,4)62)33-43(37-47)19-13-28-69-55(77)59(5,6)63)35-46(49)22-16-26-67-51(73)48-38-44(20-14-29-70-56(78)60(7,8)64)34-45(39-48)21-15-30-71-57(79)61(9,10)65/h23-24,33-39H,1,11-22,25-32H2,2-10H3,(H,66,72)(H,67,73)(H,68,76)(H,69,77)(H,70,78)(H,71,79). The monoisotopic (exact) mass is 1380 g/mol. The first-order valence-electron chi connectivity index (χ1n) is 27.7. The van der Waals surface area contributed by atoms with Crippen molar-refractivity contribution < 1.29 is 47.8 Å². The summed E-state index contributed by atoms with van der Waals surface area (Å²) < 4.78 is 7.89. The van der Waals surface area contributed by atoms with Crippen molar-refractivity contribution in [3.8, 4) is 0 Å². The lowest BCUT2D eigenvalue weighted by molar-refractivity contribution is -0.140. The van der Waals surface area contributed by atoms with Gasteiger partial charge < -0.3 is 41.4 Å². The normalized spacial score (nSPS) is 11.7. The van der Waals surface area contributed by atoms with Crippen LogP contribution in [0.5, 0.6) is 0 Å². The van der Waals surface area contributed by atoms with Gasteiger partial charge in [-0.15, -0.1) is 0 Å². The van der Waals surface area contributed by atoms with Gasteiger partial charge in [-0.25, -0.2) is 9.59 Å². The average Bonchev–Trinajstić information content (AvgIpc) is 3.38. The van der Waals surface area contributed by atoms with Gasteiger partial charge in [0, 0.05) is 56.0 Å². The third kappa shape index (κ3) is 27.4. The number of halogens is 4. The van der Waals surface area contributed by atoms with Gasteiger partial charge in [-0.1, -0.05) is 94.6 Å². The van der Waals surface area contributed by atoms with Crippen molar-refractivity contribution in [1.82, 2.24) is 31.9 Å². The van der Waals surface area contributed by atoms with Crippen LogP contribution >= 0.6 is 63.7 Å². The molecule has 0 fully saturated rings. The Morgan fingerprint density at radius 1 is 0.420 bits per heavy atom. The van der Waals surface area contributed by atoms with E-state index in [1.165, 1.54) is 6.92 Å². The van der Waals surface area contributed by atoms with Crippen molar-refractivity contribution in [2.45, 2.75) is 157 Å². The molecule has 0 aliphatic carbocycles. The minimum absolute atomic E-state index is 0.107. The molecule has 81 heavy (non-hydrogen) atoms. The van der Waals surface area contributed by atoms with Crippen LogP contribution in [-0.4, -0.2) is 117 Å². The first-order valence-corrected chi connectivity index (χ1v) is 30.8. The largest absolute Gasteiger partial charge is 0.459 e. The molecular formula is C61H84Br4N6O10. The zero-order valence-corrected chi connectivity index (χ0v) is 55.0. The Balaban J connectivity index is 1.74. The second-order valence-electron chi connectivity index (χ2n) is 22.2. The van der Waals surface area contributed by atoms with E-state index in [9.17, 15) is 38.4 Å². The van der Waals surface area contributed by atoms with Gasteiger partial charge in [0.25, 0.3) is 11.8 Å². The number of nitrogens with one attached hydrogen (secondary N) is 6. The third-order valence-electron chi connectivity index (χ3n) is 12.6. The number of hydrogen-bond acceptors (Lipinski definition) is 10. The Bertz CT molecular complexity index is 2560. The van der Waals surface area contributed by atoms with E-state index in [4.69, 9.17) is 9.47 Å². The van der Waals surface area contributed by atoms with E-state index in [0.717, 1.165) is 27.8 Å². The van der Waals surface area contributed by atoms with Crippen LogP contribution in [0.3, 0.4) is 0 Å². The first kappa shape index (κ1) is 70.3. The summed E-state index contributed by atoms with van der Waals surface area (Å²) in [5.74, 6) is -2.10. The highest BCUT2D eigenvalue weighted by molar-refractivity contribution is 9.10. The number of aryl methyl sites for hydroxylation is 6. The number of esters is 2. The van der Waals surface area contributed by atoms with Crippen LogP contribution in [0.4, 0.5) is 0 Å². The maximum atomic E-state index is 13.8. The molecule has 3 aromatic rings. The first-order chi connectivity index (χ1) is 37.8. The Labute approximate surface area is 513 Å². The number of hydrogen-bond donors (Lipinski definition) is 6. The molecule has 3 aromatic carbocycles. The van der Waals surface area contributed by atoms with Gasteiger partial charge in [-0.3, -0.25) is 28.8 Å². The number of benzene rings is 3. The lowest BCUT2D eigenvalue weighted by atomic mass is 9.97. The SMILES string of the molecule is C=C(C)C(=O)OCCOC(=O)c1ccc(CCCNC(=O)c2cc(CCCNC(=O)C(C)(C)Br)cc(CCCNC(=O)C(C)(C)Br)c2)cc1CCCNC(=O)c1cc(CCCNC(=O)C(C)(C)Br)cc(CCCNC(=O)C(C)(C)Br)c1. The maximum absolute atomic E-state index is 13.8. The molecule has 0 aliphatic heterocycles. The molecule has 0 heterocycles. The van der Waals surface area contributed by atoms with Gasteiger partial charge >= 0.3 is 11.9 Å². The summed E-state index contributed by atoms with van der Waals surface area (Å²) in [6, 6.07) is 17.1. The molecule has 0 saturated heterocycles. The summed E-state index contributed by atoms with van der Waals surface area (Å²) in [6.45, 7) is 21.6. The molecule has 16 nitrogen and oxygen atoms in total. The second kappa shape index (κ2) is 34.0. The van der Waals surface area contributed by atoms with Crippen molar-refractivity contribution in [3.05, 3.63) is 117 Å². The molecule has 0 spiro atoms. The van der Waals surface area contributed by atoms with Crippen molar-refractivity contribution in [2.75, 3.05) is 52.5 Å². The molecule has 0 atom stereocenters. The van der Waals surface area contributed by atoms with Gasteiger partial charge in [0.15, 0.2) is 0 Å². The summed E-state index contributed by atoms with van der Waals surface area (Å²) in [6.07, 6.45) is 7.27. The summed E-state index contributed by atoms with van der Waals surface area (Å²) in [5.41, 5.74) is 7.05. The molecule has 0 unspecified atom stereocenters. The Hall–Kier alpha value is -4.92. The fourth-order valence-electron chi connectivity index (χ4n) is 8.04. The molecule has 446 valence electrons. The van der Waals surface area contributed by atoms with Crippen LogP contribution in [0.2, 0.25) is 0 Å². The molecule has 0 bridgehead atoms. The Morgan fingerprint density at radius 2 is 0.728 bits per heavy atom. The molecule has 0 aliphatic rings. The van der Waals surface area contributed by atoms with Crippen LogP contribution < -0.4 is 31.9 Å². The average molecular weight is 1380 g/mol. The lowest BCUT2D eigenvalue weighted by Gasteiger charge is -2.16. The van der Waals surface area contributed by atoms with Crippen molar-refractivity contribution >= 4 is 111 Å². The van der Waals surface area contributed by atoms with E-state index in [-0.39, 0.29) is 54.2 Å². The van der Waals surface area contributed by atoms with Crippen LogP contribution in [0, 0.1) is 0 Å². The van der Waals surface area contributed by atoms with Crippen LogP contribution in [0.15, 0.2) is 66.7 Å². The summed E-state index contributed by atoms with van der Waals surface area (Å²) in [7, 11) is 0. The molecule has 3 rings (SSSR count). The summed E-state index contributed by atoms with van der Waals surface area (Å²) >= 11 is 13.6. The van der Waals surface area contributed by atoms with Gasteiger partial charge in [0.05, 0.1) is 22.9 Å². The van der Waals surface area contributed by atoms with Gasteiger partial charge in [-0.2, -0.15) is 0 Å². The molecular weight excluding hydrogens is 1300 g/mol. The fourth-order valence-corrected chi connectivity index (χ4v) is 8.60. The molecule has 0 saturated carbocycles. The maximum Gasteiger partial charge on any atom is 0.338 e.